The van der Waals surface area contributed by atoms with Gasteiger partial charge in [-0.1, -0.05) is 70.5 Å². The molecule has 4 aromatic rings. The molecule has 0 radical (unpaired) electrons. The number of esters is 1. The highest BCUT2D eigenvalue weighted by Crippen LogP contribution is 2.43. The molecule has 1 unspecified atom stereocenters. The van der Waals surface area contributed by atoms with Crippen molar-refractivity contribution in [2.75, 3.05) is 12.3 Å². The number of hydrogen-bond donors (Lipinski definition) is 2. The molecule has 3 N–H and O–H groups in total. The van der Waals surface area contributed by atoms with Gasteiger partial charge in [0.2, 0.25) is 11.5 Å². The van der Waals surface area contributed by atoms with Gasteiger partial charge in [-0.15, -0.1) is 0 Å². The van der Waals surface area contributed by atoms with Gasteiger partial charge in [0.15, 0.2) is 24.2 Å². The average Bonchev–Trinajstić information content (AvgIpc) is 3.29. The third-order valence-electron chi connectivity index (χ3n) is 6.97. The number of benzene rings is 3. The van der Waals surface area contributed by atoms with Crippen LogP contribution in [0.25, 0.3) is 21.2 Å². The van der Waals surface area contributed by atoms with Gasteiger partial charge in [0.25, 0.3) is 0 Å². The summed E-state index contributed by atoms with van der Waals surface area (Å²) in [5, 5.41) is 15.2. The van der Waals surface area contributed by atoms with Crippen LogP contribution in [0.5, 0.6) is 11.5 Å². The van der Waals surface area contributed by atoms with E-state index < -0.39 is 56.7 Å². The number of hydrogen-bond acceptors (Lipinski definition) is 12. The van der Waals surface area contributed by atoms with Crippen LogP contribution in [0.2, 0.25) is 0 Å². The number of ether oxygens (including phenoxy) is 3. The van der Waals surface area contributed by atoms with Crippen molar-refractivity contribution in [2.24, 2.45) is 9.86 Å². The van der Waals surface area contributed by atoms with Crippen molar-refractivity contribution < 1.29 is 37.9 Å². The summed E-state index contributed by atoms with van der Waals surface area (Å²) in [6.45, 7) is 0.590. The molecule has 1 fully saturated rings. The minimum Gasteiger partial charge on any atom is -0.575 e. The number of aromatic nitrogens is 2. The van der Waals surface area contributed by atoms with E-state index >= 15 is 4.39 Å². The van der Waals surface area contributed by atoms with E-state index in [-0.39, 0.29) is 23.9 Å². The molecule has 1 aliphatic heterocycles. The Morgan fingerprint density at radius 3 is 2.72 bits per heavy atom. The van der Waals surface area contributed by atoms with Gasteiger partial charge < -0.3 is 29.9 Å². The lowest BCUT2D eigenvalue weighted by atomic mass is 10.1. The zero-order chi connectivity index (χ0) is 32.8. The fourth-order valence-electron chi connectivity index (χ4n) is 4.64. The standard InChI is InChI=1S/C29H27FN7O8P/c1-17(27(39)42-15-18-7-3-2-4-8-18)34-46(41)45-24-20-10-6-5-9-19(20)11-12-21(24)43-16-29(35-36-32)25(30)23(38)26(44-29)37-14-13-22(31)33-28(37)40/h2-14,17,23,25-26,38H,15-16H2,1H3,(H2,31,33,40)/t17-,23+,25-,26+,29+/m0/s1. The topological polar surface area (TPSA) is 219 Å². The fourth-order valence-corrected chi connectivity index (χ4v) is 5.41. The van der Waals surface area contributed by atoms with Gasteiger partial charge >= 0.3 is 19.8 Å². The summed E-state index contributed by atoms with van der Waals surface area (Å²) in [6.07, 6.45) is -4.84. The van der Waals surface area contributed by atoms with E-state index in [1.54, 1.807) is 54.6 Å². The molecule has 0 amide bonds. The minimum absolute atomic E-state index is 0.00206. The van der Waals surface area contributed by atoms with Crippen molar-refractivity contribution in [1.82, 2.24) is 9.55 Å². The minimum atomic E-state index is -2.87. The van der Waals surface area contributed by atoms with Gasteiger partial charge in [-0.05, 0) is 35.5 Å². The van der Waals surface area contributed by atoms with Gasteiger partial charge in [-0.25, -0.2) is 14.0 Å². The maximum Gasteiger partial charge on any atom is 0.395 e. The van der Waals surface area contributed by atoms with Crippen molar-refractivity contribution in [2.45, 2.75) is 43.8 Å². The first kappa shape index (κ1) is 32.3. The van der Waals surface area contributed by atoms with E-state index in [4.69, 9.17) is 24.5 Å². The zero-order valence-electron chi connectivity index (χ0n) is 24.1. The molecular weight excluding hydrogens is 624 g/mol. The van der Waals surface area contributed by atoms with Crippen LogP contribution in [0, 0.1) is 0 Å². The van der Waals surface area contributed by atoms with E-state index in [1.807, 2.05) is 6.07 Å². The molecule has 0 aliphatic carbocycles. The van der Waals surface area contributed by atoms with Crippen LogP contribution >= 0.6 is 8.17 Å². The molecule has 46 heavy (non-hydrogen) atoms. The highest BCUT2D eigenvalue weighted by Gasteiger charge is 2.57. The van der Waals surface area contributed by atoms with E-state index in [2.05, 4.69) is 19.8 Å². The lowest BCUT2D eigenvalue weighted by molar-refractivity contribution is -0.169. The lowest BCUT2D eigenvalue weighted by Crippen LogP contribution is -2.43. The van der Waals surface area contributed by atoms with Gasteiger partial charge in [0.05, 0.1) is 0 Å². The second-order valence-corrected chi connectivity index (χ2v) is 11.0. The number of azide groups is 1. The van der Waals surface area contributed by atoms with Crippen LogP contribution in [0.1, 0.15) is 18.7 Å². The Morgan fingerprint density at radius 1 is 1.24 bits per heavy atom. The summed E-state index contributed by atoms with van der Waals surface area (Å²) in [5.74, 6) is -0.988. The number of alkyl halides is 1. The molecule has 0 saturated carbocycles. The Morgan fingerprint density at radius 2 is 1.98 bits per heavy atom. The Balaban J connectivity index is 1.38. The number of nitrogen functional groups attached to an aromatic ring is 1. The number of carbonyl (C=O) groups excluding carboxylic acids is 1. The Hall–Kier alpha value is -5.11. The summed E-state index contributed by atoms with van der Waals surface area (Å²) in [6, 6.07) is 19.0. The lowest BCUT2D eigenvalue weighted by Gasteiger charge is -2.26. The van der Waals surface area contributed by atoms with Crippen LogP contribution in [0.4, 0.5) is 10.2 Å². The second-order valence-electron chi connectivity index (χ2n) is 10.1. The molecule has 6 atom stereocenters. The van der Waals surface area contributed by atoms with Gasteiger partial charge in [-0.2, -0.15) is 4.98 Å². The number of aliphatic hydroxyl groups excluding tert-OH is 1. The molecular formula is C29H27FN7O8P. The van der Waals surface area contributed by atoms with Crippen LogP contribution in [0.15, 0.2) is 93.6 Å². The van der Waals surface area contributed by atoms with E-state index in [9.17, 15) is 25.1 Å². The molecule has 0 spiro atoms. The van der Waals surface area contributed by atoms with E-state index in [1.165, 1.54) is 19.1 Å². The quantitative estimate of drug-likeness (QED) is 0.0788. The number of aliphatic hydroxyl groups is 1. The maximum atomic E-state index is 15.6. The highest BCUT2D eigenvalue weighted by atomic mass is 31.1. The van der Waals surface area contributed by atoms with Crippen molar-refractivity contribution in [3.05, 3.63) is 105 Å². The Kier molecular flexibility index (Phi) is 9.75. The Labute approximate surface area is 261 Å². The molecule has 3 aromatic carbocycles. The number of anilines is 1. The number of nitrogens with zero attached hydrogens (tertiary/aromatic N) is 6. The van der Waals surface area contributed by atoms with Crippen molar-refractivity contribution in [1.29, 1.82) is 0 Å². The second kappa shape index (κ2) is 13.9. The number of nitrogens with two attached hydrogens (primary N) is 1. The largest absolute Gasteiger partial charge is 0.575 e. The van der Waals surface area contributed by atoms with Crippen molar-refractivity contribution >= 4 is 30.7 Å². The van der Waals surface area contributed by atoms with Crippen LogP contribution in [-0.4, -0.2) is 51.3 Å². The number of carbonyl (C=O) groups is 1. The predicted molar refractivity (Wildman–Crippen MR) is 161 cm³/mol. The highest BCUT2D eigenvalue weighted by molar-refractivity contribution is 7.34. The molecule has 5 rings (SSSR count). The van der Waals surface area contributed by atoms with Crippen LogP contribution < -0.4 is 25.6 Å². The summed E-state index contributed by atoms with van der Waals surface area (Å²) >= 11 is 0. The molecule has 1 aliphatic rings. The molecule has 15 nitrogen and oxygen atoms in total. The summed E-state index contributed by atoms with van der Waals surface area (Å²) in [5.41, 5.74) is 12.1. The molecule has 0 bridgehead atoms. The summed E-state index contributed by atoms with van der Waals surface area (Å²) < 4.78 is 42.7. The molecule has 1 saturated heterocycles. The zero-order valence-corrected chi connectivity index (χ0v) is 25.0. The number of rotatable bonds is 11. The maximum absolute atomic E-state index is 15.6. The number of fused-ring (bicyclic) bond motifs is 1. The monoisotopic (exact) mass is 651 g/mol. The first-order valence-electron chi connectivity index (χ1n) is 13.7. The van der Waals surface area contributed by atoms with Crippen molar-refractivity contribution in [3.63, 3.8) is 0 Å². The predicted octanol–water partition coefficient (Wildman–Crippen LogP) is 3.66. The molecule has 17 heteroatoms. The van der Waals surface area contributed by atoms with Crippen molar-refractivity contribution in [3.8, 4) is 11.5 Å². The summed E-state index contributed by atoms with van der Waals surface area (Å²) in [4.78, 5) is 44.1. The smallest absolute Gasteiger partial charge is 0.395 e. The molecule has 1 aromatic heterocycles. The Bertz CT molecular complexity index is 1870. The summed E-state index contributed by atoms with van der Waals surface area (Å²) in [7, 11) is -2.87. The third-order valence-corrected chi connectivity index (χ3v) is 7.84. The average molecular weight is 652 g/mol. The van der Waals surface area contributed by atoms with Gasteiger partial charge in [-0.3, -0.25) is 9.09 Å². The van der Waals surface area contributed by atoms with E-state index in [0.29, 0.717) is 10.8 Å². The first-order valence-corrected chi connectivity index (χ1v) is 14.9. The SMILES string of the molecule is C[C@H](/N=[P+](\[O-])Oc1c(OC[C@@]2(N=[N+]=[N-])O[C@@H](n3ccc(N)nc3=O)[C@H](O)[C@@H]2F)ccc2ccccc12)C(=O)OCc1ccccc1. The number of halogens is 1. The normalized spacial score (nSPS) is 21.7. The first-order chi connectivity index (χ1) is 22.1. The third kappa shape index (κ3) is 6.91. The van der Waals surface area contributed by atoms with Crippen LogP contribution in [-0.2, 0) is 20.9 Å². The van der Waals surface area contributed by atoms with E-state index in [0.717, 1.165) is 16.3 Å². The molecule has 2 heterocycles. The van der Waals surface area contributed by atoms with Gasteiger partial charge in [0, 0.05) is 16.5 Å². The van der Waals surface area contributed by atoms with Crippen LogP contribution in [0.3, 0.4) is 0 Å². The molecule has 238 valence electrons. The van der Waals surface area contributed by atoms with Gasteiger partial charge in [0.1, 0.15) is 25.1 Å². The fraction of sp³-hybridized carbons (Fsp3) is 0.276.